The number of para-hydroxylation sites is 1. The minimum atomic E-state index is -0.355. The van der Waals surface area contributed by atoms with Crippen LogP contribution in [0.2, 0.25) is 0 Å². The van der Waals surface area contributed by atoms with Gasteiger partial charge in [0, 0.05) is 17.1 Å². The number of hydrogen-bond donors (Lipinski definition) is 1. The number of nitrogens with zero attached hydrogens (tertiary/aromatic N) is 3. The smallest absolute Gasteiger partial charge is 0.311 e. The Bertz CT molecular complexity index is 1250. The van der Waals surface area contributed by atoms with Gasteiger partial charge >= 0.3 is 5.97 Å². The van der Waals surface area contributed by atoms with Crippen molar-refractivity contribution in [3.05, 3.63) is 77.4 Å². The molecule has 33 heavy (non-hydrogen) atoms. The third-order valence-corrected chi connectivity index (χ3v) is 5.55. The number of rotatable bonds is 8. The van der Waals surface area contributed by atoms with Gasteiger partial charge in [0.25, 0.3) is 5.91 Å². The maximum Gasteiger partial charge on any atom is 0.311 e. The van der Waals surface area contributed by atoms with Crippen LogP contribution < -0.4 is 10.1 Å². The lowest BCUT2D eigenvalue weighted by molar-refractivity contribution is -0.142. The summed E-state index contributed by atoms with van der Waals surface area (Å²) in [6.07, 6.45) is 1.75. The van der Waals surface area contributed by atoms with Crippen molar-refractivity contribution in [1.82, 2.24) is 14.8 Å². The van der Waals surface area contributed by atoms with E-state index in [4.69, 9.17) is 9.47 Å². The van der Waals surface area contributed by atoms with E-state index in [0.717, 1.165) is 11.3 Å². The summed E-state index contributed by atoms with van der Waals surface area (Å²) in [4.78, 5) is 29.2. The summed E-state index contributed by atoms with van der Waals surface area (Å²) in [5.41, 5.74) is 3.08. The van der Waals surface area contributed by atoms with Gasteiger partial charge in [-0.05, 0) is 43.3 Å². The van der Waals surface area contributed by atoms with E-state index in [0.29, 0.717) is 34.4 Å². The van der Waals surface area contributed by atoms with Crippen LogP contribution in [0.3, 0.4) is 0 Å². The second-order valence-corrected chi connectivity index (χ2v) is 7.84. The summed E-state index contributed by atoms with van der Waals surface area (Å²) in [5, 5.41) is 9.61. The Kier molecular flexibility index (Phi) is 6.80. The van der Waals surface area contributed by atoms with Crippen molar-refractivity contribution >= 4 is 28.3 Å². The Hall–Kier alpha value is -3.98. The van der Waals surface area contributed by atoms with Crippen molar-refractivity contribution in [2.45, 2.75) is 13.3 Å². The molecule has 2 aromatic heterocycles. The Balaban J connectivity index is 1.62. The van der Waals surface area contributed by atoms with E-state index in [-0.39, 0.29) is 18.3 Å². The Morgan fingerprint density at radius 3 is 2.55 bits per heavy atom. The van der Waals surface area contributed by atoms with Gasteiger partial charge < -0.3 is 9.47 Å². The molecule has 0 saturated carbocycles. The highest BCUT2D eigenvalue weighted by Crippen LogP contribution is 2.27. The molecule has 2 aromatic carbocycles. The second kappa shape index (κ2) is 10.1. The minimum Gasteiger partial charge on any atom is -0.497 e. The number of carbonyl (C=O) groups is 2. The summed E-state index contributed by atoms with van der Waals surface area (Å²) >= 11 is 1.25. The van der Waals surface area contributed by atoms with Gasteiger partial charge in [0.2, 0.25) is 0 Å². The van der Waals surface area contributed by atoms with E-state index in [9.17, 15) is 9.59 Å². The average molecular weight is 463 g/mol. The number of hydrogen-bond acceptors (Lipinski definition) is 7. The van der Waals surface area contributed by atoms with E-state index in [1.165, 1.54) is 11.3 Å². The van der Waals surface area contributed by atoms with Crippen LogP contribution in [-0.2, 0) is 16.0 Å². The fraction of sp³-hybridized carbons (Fsp3) is 0.167. The van der Waals surface area contributed by atoms with Gasteiger partial charge in [-0.2, -0.15) is 5.10 Å². The van der Waals surface area contributed by atoms with Crippen molar-refractivity contribution < 1.29 is 19.1 Å². The number of ether oxygens (including phenoxy) is 2. The van der Waals surface area contributed by atoms with Crippen molar-refractivity contribution in [2.24, 2.45) is 0 Å². The lowest BCUT2D eigenvalue weighted by Gasteiger charge is -2.04. The largest absolute Gasteiger partial charge is 0.497 e. The number of amides is 1. The summed E-state index contributed by atoms with van der Waals surface area (Å²) < 4.78 is 11.9. The molecule has 0 bridgehead atoms. The van der Waals surface area contributed by atoms with Crippen molar-refractivity contribution in [2.75, 3.05) is 19.0 Å². The highest BCUT2D eigenvalue weighted by Gasteiger charge is 2.20. The molecule has 0 unspecified atom stereocenters. The molecule has 0 aliphatic heterocycles. The molecule has 0 aliphatic carbocycles. The number of benzene rings is 2. The number of methoxy groups -OCH3 is 1. The molecule has 0 aliphatic rings. The molecule has 4 rings (SSSR count). The first-order chi connectivity index (χ1) is 16.1. The van der Waals surface area contributed by atoms with Gasteiger partial charge in [-0.3, -0.25) is 14.9 Å². The maximum atomic E-state index is 13.2. The summed E-state index contributed by atoms with van der Waals surface area (Å²) in [5.74, 6) is 0.01000. The normalized spacial score (nSPS) is 10.6. The predicted octanol–water partition coefficient (Wildman–Crippen LogP) is 4.36. The first kappa shape index (κ1) is 22.2. The second-order valence-electron chi connectivity index (χ2n) is 6.98. The van der Waals surface area contributed by atoms with Crippen LogP contribution in [0.5, 0.6) is 5.75 Å². The molecule has 168 valence electrons. The van der Waals surface area contributed by atoms with Crippen LogP contribution >= 0.6 is 11.3 Å². The van der Waals surface area contributed by atoms with Crippen LogP contribution in [0, 0.1) is 0 Å². The zero-order valence-corrected chi connectivity index (χ0v) is 19.0. The van der Waals surface area contributed by atoms with Crippen molar-refractivity contribution in [3.8, 4) is 22.7 Å². The maximum absolute atomic E-state index is 13.2. The topological polar surface area (TPSA) is 95.3 Å². The standard InChI is InChI=1S/C24H22N4O4S/c1-3-32-21(29)13-17-15-33-24(25-17)26-23(30)20-14-28(18-7-5-4-6-8-18)27-22(20)16-9-11-19(31-2)12-10-16/h4-12,14-15H,3,13H2,1-2H3,(H,25,26,30). The Labute approximate surface area is 194 Å². The van der Waals surface area contributed by atoms with E-state index in [1.54, 1.807) is 30.3 Å². The predicted molar refractivity (Wildman–Crippen MR) is 126 cm³/mol. The summed E-state index contributed by atoms with van der Waals surface area (Å²) in [6, 6.07) is 16.9. The molecule has 0 atom stereocenters. The Morgan fingerprint density at radius 1 is 1.09 bits per heavy atom. The number of carbonyl (C=O) groups excluding carboxylic acids is 2. The molecule has 1 N–H and O–H groups in total. The van der Waals surface area contributed by atoms with Gasteiger partial charge in [-0.1, -0.05) is 18.2 Å². The third-order valence-electron chi connectivity index (χ3n) is 4.75. The molecule has 0 spiro atoms. The van der Waals surface area contributed by atoms with Crippen LogP contribution in [0.25, 0.3) is 16.9 Å². The van der Waals surface area contributed by atoms with Crippen molar-refractivity contribution in [3.63, 3.8) is 0 Å². The highest BCUT2D eigenvalue weighted by atomic mass is 32.1. The quantitative estimate of drug-likeness (QED) is 0.391. The molecule has 4 aromatic rings. The molecule has 2 heterocycles. The van der Waals surface area contributed by atoms with E-state index < -0.39 is 0 Å². The molecule has 8 nitrogen and oxygen atoms in total. The molecular formula is C24H22N4O4S. The summed E-state index contributed by atoms with van der Waals surface area (Å²) in [6.45, 7) is 2.06. The molecule has 0 radical (unpaired) electrons. The zero-order chi connectivity index (χ0) is 23.2. The van der Waals surface area contributed by atoms with Crippen LogP contribution in [0.1, 0.15) is 23.0 Å². The fourth-order valence-electron chi connectivity index (χ4n) is 3.19. The molecule has 0 fully saturated rings. The first-order valence-corrected chi connectivity index (χ1v) is 11.2. The number of anilines is 1. The van der Waals surface area contributed by atoms with Gasteiger partial charge in [0.15, 0.2) is 5.13 Å². The SMILES string of the molecule is CCOC(=O)Cc1csc(NC(=O)c2cn(-c3ccccc3)nc2-c2ccc(OC)cc2)n1. The Morgan fingerprint density at radius 2 is 1.85 bits per heavy atom. The third kappa shape index (κ3) is 5.27. The highest BCUT2D eigenvalue weighted by molar-refractivity contribution is 7.14. The van der Waals surface area contributed by atoms with Gasteiger partial charge in [0.1, 0.15) is 11.4 Å². The molecular weight excluding hydrogens is 440 g/mol. The zero-order valence-electron chi connectivity index (χ0n) is 18.1. The lowest BCUT2D eigenvalue weighted by Crippen LogP contribution is -2.12. The van der Waals surface area contributed by atoms with Gasteiger partial charge in [0.05, 0.1) is 37.1 Å². The monoisotopic (exact) mass is 462 g/mol. The first-order valence-electron chi connectivity index (χ1n) is 10.3. The van der Waals surface area contributed by atoms with Gasteiger partial charge in [-0.15, -0.1) is 11.3 Å². The van der Waals surface area contributed by atoms with Crippen LogP contribution in [-0.4, -0.2) is 40.4 Å². The summed E-state index contributed by atoms with van der Waals surface area (Å²) in [7, 11) is 1.60. The van der Waals surface area contributed by atoms with Crippen LogP contribution in [0.15, 0.2) is 66.2 Å². The van der Waals surface area contributed by atoms with Crippen molar-refractivity contribution in [1.29, 1.82) is 0 Å². The van der Waals surface area contributed by atoms with E-state index in [2.05, 4.69) is 15.4 Å². The molecule has 1 amide bonds. The average Bonchev–Trinajstić information content (AvgIpc) is 3.47. The number of thiazole rings is 1. The number of esters is 1. The molecule has 0 saturated heterocycles. The van der Waals surface area contributed by atoms with Crippen LogP contribution in [0.4, 0.5) is 5.13 Å². The number of aromatic nitrogens is 3. The minimum absolute atomic E-state index is 0.0588. The molecule has 9 heteroatoms. The van der Waals surface area contributed by atoms with E-state index >= 15 is 0 Å². The lowest BCUT2D eigenvalue weighted by atomic mass is 10.1. The number of nitrogens with one attached hydrogen (secondary N) is 1. The fourth-order valence-corrected chi connectivity index (χ4v) is 3.89. The van der Waals surface area contributed by atoms with E-state index in [1.807, 2.05) is 54.6 Å². The van der Waals surface area contributed by atoms with Gasteiger partial charge in [-0.25, -0.2) is 9.67 Å².